The zero-order valence-electron chi connectivity index (χ0n) is 16.7. The molecule has 0 spiro atoms. The van der Waals surface area contributed by atoms with Crippen molar-refractivity contribution in [3.63, 3.8) is 0 Å². The lowest BCUT2D eigenvalue weighted by Gasteiger charge is -2.32. The molecule has 2 aliphatic heterocycles. The van der Waals surface area contributed by atoms with Gasteiger partial charge in [0.05, 0.1) is 24.5 Å². The molecule has 2 N–H and O–H groups in total. The summed E-state index contributed by atoms with van der Waals surface area (Å²) in [6.45, 7) is 6.59. The highest BCUT2D eigenvalue weighted by atomic mass is 35.5. The van der Waals surface area contributed by atoms with Gasteiger partial charge in [-0.15, -0.1) is 12.4 Å². The van der Waals surface area contributed by atoms with Crippen LogP contribution in [0.5, 0.6) is 0 Å². The van der Waals surface area contributed by atoms with Crippen LogP contribution in [-0.2, 0) is 29.2 Å². The number of nitrogens with zero attached hydrogens (tertiary/aromatic N) is 3. The van der Waals surface area contributed by atoms with E-state index in [4.69, 9.17) is 0 Å². The van der Waals surface area contributed by atoms with Crippen LogP contribution in [0.25, 0.3) is 0 Å². The quantitative estimate of drug-likeness (QED) is 0.795. The van der Waals surface area contributed by atoms with Gasteiger partial charge in [0.25, 0.3) is 0 Å². The summed E-state index contributed by atoms with van der Waals surface area (Å²) in [5.41, 5.74) is 1.68. The summed E-state index contributed by atoms with van der Waals surface area (Å²) in [7, 11) is 0. The molecule has 0 bridgehead atoms. The van der Waals surface area contributed by atoms with E-state index in [-0.39, 0.29) is 29.6 Å². The number of piperidine rings is 1. The fourth-order valence-corrected chi connectivity index (χ4v) is 4.30. The Hall–Kier alpha value is -1.60. The first-order chi connectivity index (χ1) is 13.0. The van der Waals surface area contributed by atoms with E-state index in [1.807, 2.05) is 9.58 Å². The molecule has 1 aliphatic carbocycles. The fourth-order valence-electron chi connectivity index (χ4n) is 4.30. The molecule has 4 rings (SSSR count). The fraction of sp³-hybridized carbons (Fsp3) is 0.750. The van der Waals surface area contributed by atoms with Crippen LogP contribution >= 0.6 is 12.4 Å². The molecule has 7 nitrogen and oxygen atoms in total. The molecule has 156 valence electrons. The predicted octanol–water partition coefficient (Wildman–Crippen LogP) is 1.84. The Labute approximate surface area is 173 Å². The number of nitrogens with one attached hydrogen (secondary N) is 2. The SMILES string of the molecule is CC1(C(=O)NCc2cc3n(n2)CCCN(C(=O)C2CCC2)C3)CCNCC1.Cl. The maximum Gasteiger partial charge on any atom is 0.226 e. The van der Waals surface area contributed by atoms with E-state index in [2.05, 4.69) is 28.7 Å². The molecule has 0 radical (unpaired) electrons. The molecule has 2 fully saturated rings. The normalized spacial score (nSPS) is 21.7. The number of aryl methyl sites for hydroxylation is 1. The number of carbonyl (C=O) groups is 2. The monoisotopic (exact) mass is 409 g/mol. The van der Waals surface area contributed by atoms with Gasteiger partial charge in [0.2, 0.25) is 11.8 Å². The molecular formula is C20H32ClN5O2. The van der Waals surface area contributed by atoms with Crippen molar-refractivity contribution in [2.75, 3.05) is 19.6 Å². The highest BCUT2D eigenvalue weighted by Crippen LogP contribution is 2.30. The van der Waals surface area contributed by atoms with E-state index < -0.39 is 0 Å². The number of amides is 2. The molecule has 3 heterocycles. The summed E-state index contributed by atoms with van der Waals surface area (Å²) in [5, 5.41) is 11.1. The van der Waals surface area contributed by atoms with Crippen LogP contribution in [0.1, 0.15) is 56.8 Å². The van der Waals surface area contributed by atoms with Crippen molar-refractivity contribution in [3.05, 3.63) is 17.5 Å². The molecular weight excluding hydrogens is 378 g/mol. The topological polar surface area (TPSA) is 79.3 Å². The van der Waals surface area contributed by atoms with Crippen LogP contribution < -0.4 is 10.6 Å². The van der Waals surface area contributed by atoms with Gasteiger partial charge < -0.3 is 15.5 Å². The standard InChI is InChI=1S/C20H31N5O2.ClH/c1-20(6-8-21-9-7-20)19(27)22-13-16-12-17-14-24(10-3-11-25(17)23-16)18(26)15-4-2-5-15;/h12,15,21H,2-11,13-14H2,1H3,(H,22,27);1H. The summed E-state index contributed by atoms with van der Waals surface area (Å²) >= 11 is 0. The third-order valence-corrected chi connectivity index (χ3v) is 6.52. The van der Waals surface area contributed by atoms with E-state index in [1.54, 1.807) is 0 Å². The van der Waals surface area contributed by atoms with Crippen LogP contribution in [0.4, 0.5) is 0 Å². The molecule has 0 unspecified atom stereocenters. The Morgan fingerprint density at radius 2 is 2.00 bits per heavy atom. The van der Waals surface area contributed by atoms with Crippen molar-refractivity contribution < 1.29 is 9.59 Å². The minimum Gasteiger partial charge on any atom is -0.350 e. The second kappa shape index (κ2) is 8.82. The third kappa shape index (κ3) is 4.35. The maximum absolute atomic E-state index is 12.6. The summed E-state index contributed by atoms with van der Waals surface area (Å²) in [5.74, 6) is 0.669. The van der Waals surface area contributed by atoms with Crippen molar-refractivity contribution in [2.45, 2.75) is 65.1 Å². The van der Waals surface area contributed by atoms with Gasteiger partial charge in [0.15, 0.2) is 0 Å². The lowest BCUT2D eigenvalue weighted by Crippen LogP contribution is -2.45. The Kier molecular flexibility index (Phi) is 6.65. The number of fused-ring (bicyclic) bond motifs is 1. The molecule has 1 saturated carbocycles. The Morgan fingerprint density at radius 3 is 2.68 bits per heavy atom. The van der Waals surface area contributed by atoms with Gasteiger partial charge in [0, 0.05) is 24.4 Å². The van der Waals surface area contributed by atoms with Gasteiger partial charge in [-0.2, -0.15) is 5.10 Å². The first-order valence-electron chi connectivity index (χ1n) is 10.4. The molecule has 1 saturated heterocycles. The van der Waals surface area contributed by atoms with Crippen LogP contribution in [0.3, 0.4) is 0 Å². The van der Waals surface area contributed by atoms with Crippen LogP contribution in [0, 0.1) is 11.3 Å². The molecule has 2 amide bonds. The molecule has 3 aliphatic rings. The number of hydrogen-bond acceptors (Lipinski definition) is 4. The van der Waals surface area contributed by atoms with Crippen molar-refractivity contribution >= 4 is 24.2 Å². The van der Waals surface area contributed by atoms with Crippen LogP contribution in [0.15, 0.2) is 6.07 Å². The summed E-state index contributed by atoms with van der Waals surface area (Å²) in [6, 6.07) is 2.05. The van der Waals surface area contributed by atoms with E-state index >= 15 is 0 Å². The maximum atomic E-state index is 12.6. The summed E-state index contributed by atoms with van der Waals surface area (Å²) < 4.78 is 2.02. The van der Waals surface area contributed by atoms with Crippen molar-refractivity contribution in [1.82, 2.24) is 25.3 Å². The van der Waals surface area contributed by atoms with Crippen LogP contribution in [0.2, 0.25) is 0 Å². The third-order valence-electron chi connectivity index (χ3n) is 6.52. The number of halogens is 1. The zero-order chi connectivity index (χ0) is 18.9. The molecule has 0 aromatic carbocycles. The molecule has 1 aromatic heterocycles. The van der Waals surface area contributed by atoms with E-state index in [9.17, 15) is 9.59 Å². The summed E-state index contributed by atoms with van der Waals surface area (Å²) in [6.07, 6.45) is 5.94. The number of aromatic nitrogens is 2. The lowest BCUT2D eigenvalue weighted by molar-refractivity contribution is -0.138. The zero-order valence-corrected chi connectivity index (χ0v) is 17.5. The minimum atomic E-state index is -0.284. The highest BCUT2D eigenvalue weighted by Gasteiger charge is 2.34. The second-order valence-electron chi connectivity index (χ2n) is 8.58. The predicted molar refractivity (Wildman–Crippen MR) is 109 cm³/mol. The first-order valence-corrected chi connectivity index (χ1v) is 10.4. The van der Waals surface area contributed by atoms with E-state index in [0.29, 0.717) is 19.0 Å². The van der Waals surface area contributed by atoms with Gasteiger partial charge in [-0.3, -0.25) is 14.3 Å². The molecule has 0 atom stereocenters. The second-order valence-corrected chi connectivity index (χ2v) is 8.58. The first kappa shape index (κ1) is 21.1. The van der Waals surface area contributed by atoms with Gasteiger partial charge in [-0.1, -0.05) is 13.3 Å². The molecule has 28 heavy (non-hydrogen) atoms. The van der Waals surface area contributed by atoms with E-state index in [0.717, 1.165) is 69.7 Å². The molecule has 1 aromatic rings. The minimum absolute atomic E-state index is 0. The van der Waals surface area contributed by atoms with Crippen molar-refractivity contribution in [1.29, 1.82) is 0 Å². The average molecular weight is 410 g/mol. The number of hydrogen-bond donors (Lipinski definition) is 2. The highest BCUT2D eigenvalue weighted by molar-refractivity contribution is 5.85. The number of carbonyl (C=O) groups excluding carboxylic acids is 2. The average Bonchev–Trinajstić information content (AvgIpc) is 2.89. The lowest BCUT2D eigenvalue weighted by atomic mass is 9.80. The smallest absolute Gasteiger partial charge is 0.226 e. The van der Waals surface area contributed by atoms with E-state index in [1.165, 1.54) is 6.42 Å². The van der Waals surface area contributed by atoms with Crippen molar-refractivity contribution in [3.8, 4) is 0 Å². The molecule has 8 heteroatoms. The Balaban J connectivity index is 0.00000225. The van der Waals surface area contributed by atoms with Crippen molar-refractivity contribution in [2.24, 2.45) is 11.3 Å². The van der Waals surface area contributed by atoms with Gasteiger partial charge >= 0.3 is 0 Å². The Bertz CT molecular complexity index is 709. The largest absolute Gasteiger partial charge is 0.350 e. The summed E-state index contributed by atoms with van der Waals surface area (Å²) in [4.78, 5) is 27.2. The van der Waals surface area contributed by atoms with Gasteiger partial charge in [-0.25, -0.2) is 0 Å². The van der Waals surface area contributed by atoms with Crippen LogP contribution in [-0.4, -0.2) is 46.1 Å². The number of rotatable bonds is 4. The van der Waals surface area contributed by atoms with Gasteiger partial charge in [0.1, 0.15) is 0 Å². The Morgan fingerprint density at radius 1 is 1.25 bits per heavy atom. The van der Waals surface area contributed by atoms with Gasteiger partial charge in [-0.05, 0) is 51.3 Å².